The lowest BCUT2D eigenvalue weighted by Crippen LogP contribution is -2.00. The third-order valence-electron chi connectivity index (χ3n) is 4.32. The van der Waals surface area contributed by atoms with Gasteiger partial charge in [0.1, 0.15) is 0 Å². The van der Waals surface area contributed by atoms with Gasteiger partial charge in [0.25, 0.3) is 0 Å². The Balaban J connectivity index is 0.000000160. The fourth-order valence-electron chi connectivity index (χ4n) is 3.10. The summed E-state index contributed by atoms with van der Waals surface area (Å²) in [5.41, 5.74) is 7.30. The van der Waals surface area contributed by atoms with Gasteiger partial charge in [-0.1, -0.05) is 64.0 Å². The quantitative estimate of drug-likeness (QED) is 0.443. The van der Waals surface area contributed by atoms with Crippen molar-refractivity contribution in [1.29, 1.82) is 0 Å². The molecule has 0 bridgehead atoms. The van der Waals surface area contributed by atoms with Crippen LogP contribution in [-0.4, -0.2) is 17.4 Å². The normalized spacial score (nSPS) is 11.0. The van der Waals surface area contributed by atoms with Crippen LogP contribution in [0.25, 0.3) is 11.1 Å². The van der Waals surface area contributed by atoms with E-state index in [-0.39, 0.29) is 11.1 Å². The van der Waals surface area contributed by atoms with Crippen molar-refractivity contribution < 1.29 is 14.7 Å². The van der Waals surface area contributed by atoms with Crippen LogP contribution in [0.15, 0.2) is 65.1 Å². The highest BCUT2D eigenvalue weighted by Crippen LogP contribution is 2.38. The number of aryl methyl sites for hydroxylation is 1. The van der Waals surface area contributed by atoms with Gasteiger partial charge in [0.05, 0.1) is 5.56 Å². The molecule has 26 heavy (non-hydrogen) atoms. The first kappa shape index (κ1) is 18.1. The van der Waals surface area contributed by atoms with Gasteiger partial charge in [-0.2, -0.15) is 0 Å². The van der Waals surface area contributed by atoms with Gasteiger partial charge in [-0.05, 0) is 53.8 Å². The molecule has 130 valence electrons. The summed E-state index contributed by atoms with van der Waals surface area (Å²) >= 11 is 3.52. The van der Waals surface area contributed by atoms with E-state index in [4.69, 9.17) is 5.11 Å². The lowest BCUT2D eigenvalue weighted by molar-refractivity contribution is 0.0694. The molecule has 0 atom stereocenters. The molecule has 4 rings (SSSR count). The Hall–Kier alpha value is -2.72. The lowest BCUT2D eigenvalue weighted by Gasteiger charge is -2.01. The molecule has 0 heterocycles. The zero-order chi connectivity index (χ0) is 18.7. The summed E-state index contributed by atoms with van der Waals surface area (Å²) in [7, 11) is 0. The van der Waals surface area contributed by atoms with Crippen molar-refractivity contribution in [2.24, 2.45) is 0 Å². The van der Waals surface area contributed by atoms with Crippen LogP contribution in [0.2, 0.25) is 0 Å². The molecule has 1 aliphatic rings. The predicted octanol–water partition coefficient (Wildman–Crippen LogP) is 5.53. The fraction of sp³-hybridized carbons (Fsp3) is 0.0909. The van der Waals surface area contributed by atoms with Crippen molar-refractivity contribution in [3.63, 3.8) is 0 Å². The van der Waals surface area contributed by atoms with E-state index >= 15 is 0 Å². The van der Waals surface area contributed by atoms with Crippen molar-refractivity contribution in [2.45, 2.75) is 13.3 Å². The molecule has 0 spiro atoms. The second-order valence-electron chi connectivity index (χ2n) is 6.15. The summed E-state index contributed by atoms with van der Waals surface area (Å²) in [6.45, 7) is 2.15. The number of rotatable bonds is 2. The average Bonchev–Trinajstić information content (AvgIpc) is 2.98. The summed E-state index contributed by atoms with van der Waals surface area (Å²) < 4.78 is 1.17. The molecule has 0 aromatic heterocycles. The second kappa shape index (κ2) is 7.67. The molecule has 0 fully saturated rings. The zero-order valence-electron chi connectivity index (χ0n) is 14.2. The molecular weight excluding hydrogens is 392 g/mol. The SMILES string of the molecule is Cc1ccc2c(c1)Cc1cc(Br)ccc1-2.O=Cc1ccccc1C(=O)O. The van der Waals surface area contributed by atoms with Gasteiger partial charge >= 0.3 is 5.97 Å². The Labute approximate surface area is 160 Å². The summed E-state index contributed by atoms with van der Waals surface area (Å²) in [5, 5.41) is 8.54. The van der Waals surface area contributed by atoms with Gasteiger partial charge < -0.3 is 5.11 Å². The minimum atomic E-state index is -1.08. The number of benzene rings is 3. The van der Waals surface area contributed by atoms with Gasteiger partial charge in [-0.3, -0.25) is 4.79 Å². The molecule has 1 N–H and O–H groups in total. The molecule has 3 aromatic carbocycles. The van der Waals surface area contributed by atoms with Gasteiger partial charge in [0.15, 0.2) is 6.29 Å². The van der Waals surface area contributed by atoms with E-state index in [1.165, 1.54) is 44.4 Å². The topological polar surface area (TPSA) is 54.4 Å². The Kier molecular flexibility index (Phi) is 5.33. The molecule has 0 saturated heterocycles. The van der Waals surface area contributed by atoms with Crippen molar-refractivity contribution in [3.05, 3.63) is 93.0 Å². The van der Waals surface area contributed by atoms with Crippen LogP contribution in [0.5, 0.6) is 0 Å². The van der Waals surface area contributed by atoms with E-state index < -0.39 is 5.97 Å². The van der Waals surface area contributed by atoms with Crippen LogP contribution in [0.3, 0.4) is 0 Å². The van der Waals surface area contributed by atoms with E-state index in [1.54, 1.807) is 12.1 Å². The molecule has 0 radical (unpaired) electrons. The number of hydrogen-bond donors (Lipinski definition) is 1. The number of carboxylic acids is 1. The number of carbonyl (C=O) groups is 2. The van der Waals surface area contributed by atoms with Crippen LogP contribution in [0.1, 0.15) is 37.4 Å². The first-order chi connectivity index (χ1) is 12.5. The molecule has 0 unspecified atom stereocenters. The molecule has 4 heteroatoms. The summed E-state index contributed by atoms with van der Waals surface area (Å²) in [6.07, 6.45) is 1.61. The third-order valence-corrected chi connectivity index (χ3v) is 4.81. The van der Waals surface area contributed by atoms with Gasteiger partial charge in [-0.15, -0.1) is 0 Å². The van der Waals surface area contributed by atoms with E-state index in [1.807, 2.05) is 0 Å². The van der Waals surface area contributed by atoms with E-state index in [0.717, 1.165) is 6.42 Å². The smallest absolute Gasteiger partial charge is 0.336 e. The van der Waals surface area contributed by atoms with Crippen LogP contribution in [0, 0.1) is 6.92 Å². The summed E-state index contributed by atoms with van der Waals surface area (Å²) in [4.78, 5) is 20.7. The minimum Gasteiger partial charge on any atom is -0.478 e. The maximum Gasteiger partial charge on any atom is 0.336 e. The molecule has 0 amide bonds. The first-order valence-electron chi connectivity index (χ1n) is 8.15. The van der Waals surface area contributed by atoms with Crippen LogP contribution in [0.4, 0.5) is 0 Å². The summed E-state index contributed by atoms with van der Waals surface area (Å²) in [6, 6.07) is 19.3. The summed E-state index contributed by atoms with van der Waals surface area (Å²) in [5.74, 6) is -1.08. The molecule has 0 aliphatic heterocycles. The highest BCUT2D eigenvalue weighted by molar-refractivity contribution is 9.10. The average molecular weight is 409 g/mol. The Morgan fingerprint density at radius 2 is 1.65 bits per heavy atom. The number of halogens is 1. The van der Waals surface area contributed by atoms with E-state index in [2.05, 4.69) is 59.3 Å². The molecule has 3 aromatic rings. The van der Waals surface area contributed by atoms with Crippen LogP contribution >= 0.6 is 15.9 Å². The van der Waals surface area contributed by atoms with E-state index in [0.29, 0.717) is 6.29 Å². The van der Waals surface area contributed by atoms with Gasteiger partial charge in [0.2, 0.25) is 0 Å². The standard InChI is InChI=1S/C14H11Br.C8H6O3/c1-9-2-4-13-10(6-9)7-11-8-12(15)3-5-14(11)13;9-5-6-3-1-2-4-7(6)8(10)11/h2-6,8H,7H2,1H3;1-5H,(H,10,11). The molecule has 3 nitrogen and oxygen atoms in total. The maximum absolute atomic E-state index is 10.4. The zero-order valence-corrected chi connectivity index (χ0v) is 15.8. The monoisotopic (exact) mass is 408 g/mol. The van der Waals surface area contributed by atoms with Crippen LogP contribution < -0.4 is 0 Å². The predicted molar refractivity (Wildman–Crippen MR) is 106 cm³/mol. The molecule has 1 aliphatic carbocycles. The highest BCUT2D eigenvalue weighted by atomic mass is 79.9. The lowest BCUT2D eigenvalue weighted by atomic mass is 10.0. The Morgan fingerprint density at radius 1 is 1.00 bits per heavy atom. The van der Waals surface area contributed by atoms with Crippen molar-refractivity contribution in [3.8, 4) is 11.1 Å². The van der Waals surface area contributed by atoms with Gasteiger partial charge in [0, 0.05) is 10.0 Å². The Morgan fingerprint density at radius 3 is 2.31 bits per heavy atom. The number of carbonyl (C=O) groups excluding carboxylic acids is 1. The largest absolute Gasteiger partial charge is 0.478 e. The number of carboxylic acid groups (broad SMARTS) is 1. The molecule has 0 saturated carbocycles. The van der Waals surface area contributed by atoms with Crippen molar-refractivity contribution in [1.82, 2.24) is 0 Å². The fourth-order valence-corrected chi connectivity index (χ4v) is 3.51. The maximum atomic E-state index is 10.4. The number of aldehydes is 1. The van der Waals surface area contributed by atoms with Crippen molar-refractivity contribution >= 4 is 28.2 Å². The van der Waals surface area contributed by atoms with Crippen LogP contribution in [-0.2, 0) is 6.42 Å². The van der Waals surface area contributed by atoms with E-state index in [9.17, 15) is 9.59 Å². The van der Waals surface area contributed by atoms with Gasteiger partial charge in [-0.25, -0.2) is 4.79 Å². The third kappa shape index (κ3) is 3.75. The number of hydrogen-bond acceptors (Lipinski definition) is 2. The van der Waals surface area contributed by atoms with Crippen molar-refractivity contribution in [2.75, 3.05) is 0 Å². The Bertz CT molecular complexity index is 943. The molecular formula is C22H17BrO3. The minimum absolute atomic E-state index is 0.0440. The highest BCUT2D eigenvalue weighted by Gasteiger charge is 2.17. The first-order valence-corrected chi connectivity index (χ1v) is 8.94. The number of fused-ring (bicyclic) bond motifs is 3. The second-order valence-corrected chi connectivity index (χ2v) is 7.06. The number of aromatic carboxylic acids is 1.